The number of hydrogen-bond donors (Lipinski definition) is 1. The van der Waals surface area contributed by atoms with E-state index < -0.39 is 16.7 Å². The summed E-state index contributed by atoms with van der Waals surface area (Å²) in [5.41, 5.74) is -0.193. The quantitative estimate of drug-likeness (QED) is 0.526. The summed E-state index contributed by atoms with van der Waals surface area (Å²) in [5.74, 6) is 1.04. The molecule has 1 aliphatic rings. The number of ether oxygens (including phenoxy) is 2. The van der Waals surface area contributed by atoms with Crippen LogP contribution in [0.1, 0.15) is 39.2 Å². The lowest BCUT2D eigenvalue weighted by Crippen LogP contribution is -2.42. The van der Waals surface area contributed by atoms with E-state index in [1.54, 1.807) is 38.3 Å². The number of thiophene rings is 1. The number of benzene rings is 1. The van der Waals surface area contributed by atoms with Gasteiger partial charge in [0.2, 0.25) is 12.7 Å². The molecule has 4 rings (SSSR count). The number of aromatic nitrogens is 2. The zero-order chi connectivity index (χ0) is 24.5. The van der Waals surface area contributed by atoms with Gasteiger partial charge in [-0.15, -0.1) is 11.3 Å². The minimum atomic E-state index is -0.612. The first-order valence-corrected chi connectivity index (χ1v) is 11.9. The second-order valence-electron chi connectivity index (χ2n) is 9.20. The Morgan fingerprint density at radius 1 is 1.09 bits per heavy atom. The minimum absolute atomic E-state index is 0.0899. The third-order valence-electron chi connectivity index (χ3n) is 5.69. The van der Waals surface area contributed by atoms with Crippen molar-refractivity contribution >= 4 is 33.2 Å². The molecule has 1 aliphatic heterocycles. The van der Waals surface area contributed by atoms with Crippen molar-refractivity contribution < 1.29 is 19.1 Å². The molecule has 9 nitrogen and oxygen atoms in total. The monoisotopic (exact) mass is 485 g/mol. The highest BCUT2D eigenvalue weighted by Gasteiger charge is 2.24. The first-order chi connectivity index (χ1) is 16.1. The molecule has 1 amide bonds. The van der Waals surface area contributed by atoms with Gasteiger partial charge in [-0.05, 0) is 35.6 Å². The number of nitrogens with zero attached hydrogens (tertiary/aromatic N) is 2. The molecule has 0 fully saturated rings. The summed E-state index contributed by atoms with van der Waals surface area (Å²) in [5, 5.41) is 4.57. The summed E-state index contributed by atoms with van der Waals surface area (Å²) < 4.78 is 13.5. The predicted molar refractivity (Wildman–Crippen MR) is 128 cm³/mol. The van der Waals surface area contributed by atoms with Crippen molar-refractivity contribution in [3.63, 3.8) is 0 Å². The summed E-state index contributed by atoms with van der Waals surface area (Å²) in [6.07, 6.45) is 0.464. The largest absolute Gasteiger partial charge is 0.454 e. The Bertz CT molecular complexity index is 1360. The standard InChI is InChI=1S/C24H27N3O6S/c1-24(2,3)19(28)13-27-16-8-10-34-21(16)22(30)26(23(27)31)9-4-5-20(29)25-12-15-6-7-17-18(11-15)33-14-32-17/h6-8,10-11H,4-5,9,12-14H2,1-3H3,(H,25,29). The lowest BCUT2D eigenvalue weighted by atomic mass is 9.91. The normalized spacial score (nSPS) is 12.8. The van der Waals surface area contributed by atoms with Crippen LogP contribution in [0.4, 0.5) is 0 Å². The van der Waals surface area contributed by atoms with E-state index in [0.717, 1.165) is 10.1 Å². The van der Waals surface area contributed by atoms with E-state index in [0.29, 0.717) is 34.7 Å². The van der Waals surface area contributed by atoms with Crippen LogP contribution in [0.5, 0.6) is 11.5 Å². The molecule has 0 spiro atoms. The van der Waals surface area contributed by atoms with Gasteiger partial charge in [-0.25, -0.2) is 4.79 Å². The number of hydrogen-bond acceptors (Lipinski definition) is 7. The molecule has 2 aromatic heterocycles. The third kappa shape index (κ3) is 4.91. The summed E-state index contributed by atoms with van der Waals surface area (Å²) in [6.45, 7) is 5.89. The maximum absolute atomic E-state index is 13.1. The molecule has 1 aromatic carbocycles. The van der Waals surface area contributed by atoms with E-state index >= 15 is 0 Å². The number of amides is 1. The van der Waals surface area contributed by atoms with Crippen LogP contribution in [0, 0.1) is 5.41 Å². The molecule has 0 radical (unpaired) electrons. The van der Waals surface area contributed by atoms with Gasteiger partial charge in [-0.3, -0.25) is 23.5 Å². The summed E-state index contributed by atoms with van der Waals surface area (Å²) >= 11 is 1.24. The van der Waals surface area contributed by atoms with Crippen molar-refractivity contribution in [2.75, 3.05) is 6.79 Å². The number of Topliss-reactive ketones (excluding diaryl/α,β-unsaturated/α-hetero) is 1. The van der Waals surface area contributed by atoms with Crippen LogP contribution in [-0.2, 0) is 29.2 Å². The van der Waals surface area contributed by atoms with Crippen molar-refractivity contribution in [1.82, 2.24) is 14.5 Å². The number of nitrogens with one attached hydrogen (secondary N) is 1. The summed E-state index contributed by atoms with van der Waals surface area (Å²) in [6, 6.07) is 7.16. The summed E-state index contributed by atoms with van der Waals surface area (Å²) in [4.78, 5) is 50.9. The molecule has 3 aromatic rings. The first-order valence-electron chi connectivity index (χ1n) is 11.0. The molecule has 1 N–H and O–H groups in total. The number of carbonyl (C=O) groups is 2. The van der Waals surface area contributed by atoms with Crippen molar-refractivity contribution in [1.29, 1.82) is 0 Å². The lowest BCUT2D eigenvalue weighted by Gasteiger charge is -2.18. The van der Waals surface area contributed by atoms with Crippen LogP contribution in [0.2, 0.25) is 0 Å². The molecule has 3 heterocycles. The van der Waals surface area contributed by atoms with E-state index in [1.165, 1.54) is 15.9 Å². The summed E-state index contributed by atoms with van der Waals surface area (Å²) in [7, 11) is 0. The second-order valence-corrected chi connectivity index (χ2v) is 10.1. The van der Waals surface area contributed by atoms with Gasteiger partial charge in [-0.1, -0.05) is 26.8 Å². The SMILES string of the molecule is CC(C)(C)C(=O)Cn1c(=O)n(CCCC(=O)NCc2ccc3c(c2)OCO3)c(=O)c2sccc21. The first kappa shape index (κ1) is 23.7. The van der Waals surface area contributed by atoms with Gasteiger partial charge in [0.25, 0.3) is 5.56 Å². The van der Waals surface area contributed by atoms with Gasteiger partial charge in [0.05, 0.1) is 12.1 Å². The number of fused-ring (bicyclic) bond motifs is 2. The highest BCUT2D eigenvalue weighted by Crippen LogP contribution is 2.32. The average Bonchev–Trinajstić information content (AvgIpc) is 3.46. The van der Waals surface area contributed by atoms with E-state index in [4.69, 9.17) is 9.47 Å². The van der Waals surface area contributed by atoms with Crippen LogP contribution in [0.15, 0.2) is 39.2 Å². The Morgan fingerprint density at radius 2 is 1.85 bits per heavy atom. The zero-order valence-electron chi connectivity index (χ0n) is 19.4. The number of carbonyl (C=O) groups excluding carboxylic acids is 2. The smallest absolute Gasteiger partial charge is 0.331 e. The van der Waals surface area contributed by atoms with E-state index in [1.807, 2.05) is 12.1 Å². The minimum Gasteiger partial charge on any atom is -0.454 e. The van der Waals surface area contributed by atoms with Crippen LogP contribution in [0.3, 0.4) is 0 Å². The van der Waals surface area contributed by atoms with Crippen LogP contribution >= 0.6 is 11.3 Å². The van der Waals surface area contributed by atoms with E-state index in [-0.39, 0.29) is 38.0 Å². The van der Waals surface area contributed by atoms with Gasteiger partial charge in [0.1, 0.15) is 4.70 Å². The lowest BCUT2D eigenvalue weighted by molar-refractivity contribution is -0.126. The van der Waals surface area contributed by atoms with Crippen molar-refractivity contribution in [2.45, 2.75) is 53.2 Å². The van der Waals surface area contributed by atoms with Crippen molar-refractivity contribution in [3.8, 4) is 11.5 Å². The highest BCUT2D eigenvalue weighted by atomic mass is 32.1. The Morgan fingerprint density at radius 3 is 2.62 bits per heavy atom. The maximum atomic E-state index is 13.1. The van der Waals surface area contributed by atoms with E-state index in [2.05, 4.69) is 5.32 Å². The topological polar surface area (TPSA) is 109 Å². The predicted octanol–water partition coefficient (Wildman–Crippen LogP) is 2.67. The fourth-order valence-electron chi connectivity index (χ4n) is 3.60. The Kier molecular flexibility index (Phi) is 6.60. The molecule has 0 unspecified atom stereocenters. The molecule has 0 atom stereocenters. The van der Waals surface area contributed by atoms with Crippen LogP contribution in [0.25, 0.3) is 10.2 Å². The molecule has 0 saturated carbocycles. The fraction of sp³-hybridized carbons (Fsp3) is 0.417. The third-order valence-corrected chi connectivity index (χ3v) is 6.58. The van der Waals surface area contributed by atoms with Gasteiger partial charge in [-0.2, -0.15) is 0 Å². The van der Waals surface area contributed by atoms with Gasteiger partial charge < -0.3 is 14.8 Å². The Hall–Kier alpha value is -3.40. The van der Waals surface area contributed by atoms with E-state index in [9.17, 15) is 19.2 Å². The fourth-order valence-corrected chi connectivity index (χ4v) is 4.44. The maximum Gasteiger partial charge on any atom is 0.331 e. The number of ketones is 1. The molecule has 10 heteroatoms. The van der Waals surface area contributed by atoms with Gasteiger partial charge >= 0.3 is 5.69 Å². The molecular weight excluding hydrogens is 458 g/mol. The van der Waals surface area contributed by atoms with Crippen molar-refractivity contribution in [2.24, 2.45) is 5.41 Å². The molecular formula is C24H27N3O6S. The van der Waals surface area contributed by atoms with Crippen LogP contribution in [-0.4, -0.2) is 27.6 Å². The molecule has 34 heavy (non-hydrogen) atoms. The molecule has 0 saturated heterocycles. The number of rotatable bonds is 8. The Labute approximate surface area is 199 Å². The van der Waals surface area contributed by atoms with Gasteiger partial charge in [0, 0.05) is 24.9 Å². The zero-order valence-corrected chi connectivity index (χ0v) is 20.2. The molecule has 0 aliphatic carbocycles. The van der Waals surface area contributed by atoms with Gasteiger partial charge in [0.15, 0.2) is 17.3 Å². The second kappa shape index (κ2) is 9.46. The molecule has 0 bridgehead atoms. The highest BCUT2D eigenvalue weighted by molar-refractivity contribution is 7.17. The van der Waals surface area contributed by atoms with Crippen LogP contribution < -0.4 is 26.0 Å². The average molecular weight is 486 g/mol. The molecule has 180 valence electrons. The van der Waals surface area contributed by atoms with Crippen molar-refractivity contribution in [3.05, 3.63) is 56.0 Å². The Balaban J connectivity index is 1.42.